The summed E-state index contributed by atoms with van der Waals surface area (Å²) in [4.78, 5) is 0. The number of allylic oxidation sites excluding steroid dienone is 1. The van der Waals surface area contributed by atoms with Crippen molar-refractivity contribution in [2.45, 2.75) is 12.8 Å². The van der Waals surface area contributed by atoms with Crippen molar-refractivity contribution in [3.8, 4) is 0 Å². The number of ether oxygens (including phenoxy) is 1. The van der Waals surface area contributed by atoms with E-state index in [0.29, 0.717) is 5.92 Å². The molecule has 0 amide bonds. The highest BCUT2D eigenvalue weighted by Gasteiger charge is 2.09. The first-order valence-corrected chi connectivity index (χ1v) is 6.15. The molecular formula is C13H15BrO. The van der Waals surface area contributed by atoms with Crippen LogP contribution in [0.1, 0.15) is 18.4 Å². The van der Waals surface area contributed by atoms with Gasteiger partial charge < -0.3 is 4.74 Å². The summed E-state index contributed by atoms with van der Waals surface area (Å²) in [6, 6.07) is 8.37. The molecule has 1 fully saturated rings. The van der Waals surface area contributed by atoms with E-state index in [2.05, 4.69) is 46.3 Å². The summed E-state index contributed by atoms with van der Waals surface area (Å²) in [5.41, 5.74) is 1.26. The zero-order valence-electron chi connectivity index (χ0n) is 8.66. The second kappa shape index (κ2) is 5.47. The van der Waals surface area contributed by atoms with Gasteiger partial charge >= 0.3 is 0 Å². The normalized spacial score (nSPS) is 18.5. The first-order valence-electron chi connectivity index (χ1n) is 5.36. The van der Waals surface area contributed by atoms with E-state index in [-0.39, 0.29) is 0 Å². The highest BCUT2D eigenvalue weighted by Crippen LogP contribution is 2.18. The van der Waals surface area contributed by atoms with Gasteiger partial charge in [0, 0.05) is 17.7 Å². The summed E-state index contributed by atoms with van der Waals surface area (Å²) in [6.07, 6.45) is 6.83. The summed E-state index contributed by atoms with van der Waals surface area (Å²) < 4.78 is 6.47. The number of rotatable bonds is 2. The van der Waals surface area contributed by atoms with Crippen LogP contribution in [0.4, 0.5) is 0 Å². The molecule has 0 unspecified atom stereocenters. The first kappa shape index (κ1) is 10.9. The molecule has 0 radical (unpaired) electrons. The van der Waals surface area contributed by atoms with Crippen molar-refractivity contribution < 1.29 is 4.74 Å². The Bertz CT molecular complexity index is 340. The lowest BCUT2D eigenvalue weighted by molar-refractivity contribution is 0.0787. The van der Waals surface area contributed by atoms with Gasteiger partial charge in [0.2, 0.25) is 0 Å². The lowest BCUT2D eigenvalue weighted by atomic mass is 9.99. The van der Waals surface area contributed by atoms with Crippen LogP contribution in [0.5, 0.6) is 0 Å². The van der Waals surface area contributed by atoms with Gasteiger partial charge in [0.05, 0.1) is 0 Å². The fourth-order valence-corrected chi connectivity index (χ4v) is 2.18. The Morgan fingerprint density at radius 1 is 1.27 bits per heavy atom. The smallest absolute Gasteiger partial charge is 0.0471 e. The molecule has 80 valence electrons. The van der Waals surface area contributed by atoms with Crippen LogP contribution < -0.4 is 0 Å². The highest BCUT2D eigenvalue weighted by molar-refractivity contribution is 9.10. The minimum atomic E-state index is 0.692. The van der Waals surface area contributed by atoms with Gasteiger partial charge in [0.1, 0.15) is 0 Å². The summed E-state index contributed by atoms with van der Waals surface area (Å²) in [5, 5.41) is 0. The Labute approximate surface area is 99.3 Å². The third-order valence-electron chi connectivity index (χ3n) is 2.68. The number of benzene rings is 1. The van der Waals surface area contributed by atoms with Crippen LogP contribution in [-0.4, -0.2) is 13.2 Å². The number of halogens is 1. The summed E-state index contributed by atoms with van der Waals surface area (Å²) in [7, 11) is 0. The Kier molecular flexibility index (Phi) is 3.98. The molecule has 1 nitrogen and oxygen atoms in total. The van der Waals surface area contributed by atoms with Crippen LogP contribution in [0.25, 0.3) is 6.08 Å². The van der Waals surface area contributed by atoms with Crippen molar-refractivity contribution in [3.05, 3.63) is 40.4 Å². The molecule has 2 heteroatoms. The predicted molar refractivity (Wildman–Crippen MR) is 66.7 cm³/mol. The molecule has 0 bridgehead atoms. The predicted octanol–water partition coefficient (Wildman–Crippen LogP) is 3.89. The molecule has 1 aromatic rings. The molecule has 0 N–H and O–H groups in total. The van der Waals surface area contributed by atoms with Crippen molar-refractivity contribution in [1.29, 1.82) is 0 Å². The van der Waals surface area contributed by atoms with E-state index in [1.165, 1.54) is 5.56 Å². The quantitative estimate of drug-likeness (QED) is 0.789. The van der Waals surface area contributed by atoms with Crippen LogP contribution in [0.15, 0.2) is 34.8 Å². The molecule has 1 heterocycles. The van der Waals surface area contributed by atoms with E-state index in [9.17, 15) is 0 Å². The molecule has 1 aliphatic heterocycles. The fourth-order valence-electron chi connectivity index (χ4n) is 1.77. The van der Waals surface area contributed by atoms with E-state index in [0.717, 1.165) is 30.5 Å². The third kappa shape index (κ3) is 3.47. The van der Waals surface area contributed by atoms with Gasteiger partial charge in [-0.3, -0.25) is 0 Å². The molecule has 0 spiro atoms. The van der Waals surface area contributed by atoms with Crippen LogP contribution >= 0.6 is 15.9 Å². The van der Waals surface area contributed by atoms with E-state index < -0.39 is 0 Å². The molecule has 2 rings (SSSR count). The largest absolute Gasteiger partial charge is 0.381 e. The van der Waals surface area contributed by atoms with Gasteiger partial charge in [-0.2, -0.15) is 0 Å². The van der Waals surface area contributed by atoms with Gasteiger partial charge in [-0.15, -0.1) is 0 Å². The minimum Gasteiger partial charge on any atom is -0.381 e. The van der Waals surface area contributed by atoms with Crippen molar-refractivity contribution in [2.24, 2.45) is 5.92 Å². The Morgan fingerprint density at radius 2 is 2.07 bits per heavy atom. The maximum atomic E-state index is 5.33. The molecule has 0 saturated carbocycles. The second-order valence-electron chi connectivity index (χ2n) is 3.86. The van der Waals surface area contributed by atoms with Crippen LogP contribution in [-0.2, 0) is 4.74 Å². The van der Waals surface area contributed by atoms with Gasteiger partial charge in [-0.05, 0) is 36.5 Å². The zero-order chi connectivity index (χ0) is 10.5. The monoisotopic (exact) mass is 266 g/mol. The molecular weight excluding hydrogens is 252 g/mol. The minimum absolute atomic E-state index is 0.692. The molecule has 15 heavy (non-hydrogen) atoms. The average molecular weight is 267 g/mol. The van der Waals surface area contributed by atoms with E-state index >= 15 is 0 Å². The summed E-state index contributed by atoms with van der Waals surface area (Å²) >= 11 is 3.47. The van der Waals surface area contributed by atoms with E-state index in [1.54, 1.807) is 0 Å². The van der Waals surface area contributed by atoms with E-state index in [4.69, 9.17) is 4.74 Å². The van der Waals surface area contributed by atoms with Gasteiger partial charge in [-0.25, -0.2) is 0 Å². The molecule has 0 aliphatic carbocycles. The molecule has 1 aromatic carbocycles. The molecule has 1 saturated heterocycles. The Hall–Kier alpha value is -0.600. The average Bonchev–Trinajstić information content (AvgIpc) is 2.28. The number of hydrogen-bond acceptors (Lipinski definition) is 1. The van der Waals surface area contributed by atoms with Crippen molar-refractivity contribution >= 4 is 22.0 Å². The zero-order valence-corrected chi connectivity index (χ0v) is 10.2. The second-order valence-corrected chi connectivity index (χ2v) is 4.78. The van der Waals surface area contributed by atoms with Crippen LogP contribution in [0.2, 0.25) is 0 Å². The van der Waals surface area contributed by atoms with Crippen molar-refractivity contribution in [2.75, 3.05) is 13.2 Å². The summed E-state index contributed by atoms with van der Waals surface area (Å²) in [6.45, 7) is 1.82. The van der Waals surface area contributed by atoms with E-state index in [1.807, 2.05) is 6.07 Å². The lowest BCUT2D eigenvalue weighted by Gasteiger charge is -2.18. The fraction of sp³-hybridized carbons (Fsp3) is 0.385. The third-order valence-corrected chi connectivity index (χ3v) is 3.17. The Balaban J connectivity index is 1.97. The van der Waals surface area contributed by atoms with Gasteiger partial charge in [0.25, 0.3) is 0 Å². The van der Waals surface area contributed by atoms with Crippen LogP contribution in [0.3, 0.4) is 0 Å². The molecule has 0 atom stereocenters. The van der Waals surface area contributed by atoms with Gasteiger partial charge in [0.15, 0.2) is 0 Å². The standard InChI is InChI=1S/C13H15BrO/c14-13-3-1-2-12(10-13)5-4-11-6-8-15-9-7-11/h1-5,10-11H,6-9H2. The first-order chi connectivity index (χ1) is 7.34. The van der Waals surface area contributed by atoms with Crippen molar-refractivity contribution in [1.82, 2.24) is 0 Å². The number of hydrogen-bond donors (Lipinski definition) is 0. The van der Waals surface area contributed by atoms with Crippen molar-refractivity contribution in [3.63, 3.8) is 0 Å². The molecule has 1 aliphatic rings. The SMILES string of the molecule is Brc1cccc(C=CC2CCOCC2)c1. The Morgan fingerprint density at radius 3 is 2.80 bits per heavy atom. The van der Waals surface area contributed by atoms with Crippen LogP contribution in [0, 0.1) is 5.92 Å². The molecule has 0 aromatic heterocycles. The maximum Gasteiger partial charge on any atom is 0.0471 e. The lowest BCUT2D eigenvalue weighted by Crippen LogP contribution is -2.13. The highest BCUT2D eigenvalue weighted by atomic mass is 79.9. The van der Waals surface area contributed by atoms with Gasteiger partial charge in [-0.1, -0.05) is 40.2 Å². The maximum absolute atomic E-state index is 5.33. The summed E-state index contributed by atoms with van der Waals surface area (Å²) in [5.74, 6) is 0.692. The topological polar surface area (TPSA) is 9.23 Å².